The molecule has 0 aliphatic carbocycles. The van der Waals surface area contributed by atoms with Gasteiger partial charge in [0.05, 0.1) is 23.9 Å². The van der Waals surface area contributed by atoms with Crippen molar-refractivity contribution in [2.75, 3.05) is 43.9 Å². The zero-order valence-electron chi connectivity index (χ0n) is 17.2. The number of nitrogens with zero attached hydrogens (tertiary/aromatic N) is 4. The molecule has 2 N–H and O–H groups in total. The molecule has 2 fully saturated rings. The summed E-state index contributed by atoms with van der Waals surface area (Å²) in [6.07, 6.45) is 6.06. The molecule has 2 aliphatic heterocycles. The summed E-state index contributed by atoms with van der Waals surface area (Å²) < 4.78 is 5.64. The number of nitrogens with one attached hydrogen (secondary N) is 2. The predicted molar refractivity (Wildman–Crippen MR) is 118 cm³/mol. The fraction of sp³-hybridized carbons (Fsp3) is 0.500. The molecule has 0 spiro atoms. The Kier molecular flexibility index (Phi) is 6.68. The summed E-state index contributed by atoms with van der Waals surface area (Å²) in [5.41, 5.74) is 2.63. The fourth-order valence-electron chi connectivity index (χ4n) is 4.10. The van der Waals surface area contributed by atoms with Crippen molar-refractivity contribution >= 4 is 29.1 Å². The molecule has 0 saturated carbocycles. The summed E-state index contributed by atoms with van der Waals surface area (Å²) in [4.78, 5) is 11.1. The SMILES string of the molecule is CN1CCC(c2ccc(Nc3ncc(Cl)c(NC[C@H]4CCCO4)n3)cc2C#N)CC1. The zero-order chi connectivity index (χ0) is 20.9. The van der Waals surface area contributed by atoms with E-state index in [1.165, 1.54) is 0 Å². The van der Waals surface area contributed by atoms with Gasteiger partial charge < -0.3 is 20.3 Å². The molecule has 2 aromatic rings. The molecule has 1 atom stereocenters. The van der Waals surface area contributed by atoms with Gasteiger partial charge in [-0.1, -0.05) is 17.7 Å². The first-order valence-electron chi connectivity index (χ1n) is 10.5. The Bertz CT molecular complexity index is 916. The highest BCUT2D eigenvalue weighted by atomic mass is 35.5. The Labute approximate surface area is 182 Å². The molecule has 8 heteroatoms. The van der Waals surface area contributed by atoms with Gasteiger partial charge in [-0.25, -0.2) is 4.98 Å². The van der Waals surface area contributed by atoms with E-state index in [0.717, 1.165) is 56.6 Å². The van der Waals surface area contributed by atoms with E-state index in [2.05, 4.69) is 44.7 Å². The first-order valence-corrected chi connectivity index (χ1v) is 10.9. The third kappa shape index (κ3) is 5.01. The predicted octanol–water partition coefficient (Wildman–Crippen LogP) is 4.15. The number of rotatable bonds is 6. The highest BCUT2D eigenvalue weighted by molar-refractivity contribution is 6.32. The molecule has 158 valence electrons. The van der Waals surface area contributed by atoms with E-state index in [1.807, 2.05) is 12.1 Å². The van der Waals surface area contributed by atoms with E-state index in [4.69, 9.17) is 16.3 Å². The minimum atomic E-state index is 0.192. The smallest absolute Gasteiger partial charge is 0.229 e. The summed E-state index contributed by atoms with van der Waals surface area (Å²) >= 11 is 6.25. The van der Waals surface area contributed by atoms with Crippen molar-refractivity contribution in [1.82, 2.24) is 14.9 Å². The van der Waals surface area contributed by atoms with Gasteiger partial charge in [-0.3, -0.25) is 0 Å². The molecular formula is C22H27ClN6O. The normalized spacial score (nSPS) is 20.1. The minimum absolute atomic E-state index is 0.192. The maximum absolute atomic E-state index is 9.69. The standard InChI is InChI=1S/C22H27ClN6O/c1-29-8-6-15(7-9-29)19-5-4-17(11-16(19)12-24)27-22-26-14-20(23)21(28-22)25-13-18-3-2-10-30-18/h4-5,11,14-15,18H,2-3,6-10,13H2,1H3,(H2,25,26,27,28)/t18-/m1/s1. The number of aromatic nitrogens is 2. The number of piperidine rings is 1. The zero-order valence-corrected chi connectivity index (χ0v) is 18.0. The summed E-state index contributed by atoms with van der Waals surface area (Å²) in [5, 5.41) is 16.6. The van der Waals surface area contributed by atoms with Crippen LogP contribution in [0.15, 0.2) is 24.4 Å². The van der Waals surface area contributed by atoms with Crippen molar-refractivity contribution < 1.29 is 4.74 Å². The largest absolute Gasteiger partial charge is 0.376 e. The summed E-state index contributed by atoms with van der Waals surface area (Å²) in [7, 11) is 2.14. The van der Waals surface area contributed by atoms with Crippen molar-refractivity contribution in [2.45, 2.75) is 37.7 Å². The number of anilines is 3. The molecule has 2 aliphatic rings. The van der Waals surface area contributed by atoms with Crippen molar-refractivity contribution in [1.29, 1.82) is 5.26 Å². The van der Waals surface area contributed by atoms with Crippen LogP contribution in [0.5, 0.6) is 0 Å². The lowest BCUT2D eigenvalue weighted by Gasteiger charge is -2.29. The van der Waals surface area contributed by atoms with Crippen LogP contribution in [-0.4, -0.2) is 54.3 Å². The van der Waals surface area contributed by atoms with Crippen LogP contribution in [-0.2, 0) is 4.74 Å². The Morgan fingerprint density at radius 2 is 2.13 bits per heavy atom. The van der Waals surface area contributed by atoms with E-state index in [1.54, 1.807) is 6.20 Å². The fourth-order valence-corrected chi connectivity index (χ4v) is 4.26. The number of hydrogen-bond donors (Lipinski definition) is 2. The van der Waals surface area contributed by atoms with E-state index in [9.17, 15) is 5.26 Å². The van der Waals surface area contributed by atoms with Crippen LogP contribution in [0.2, 0.25) is 5.02 Å². The van der Waals surface area contributed by atoms with E-state index in [-0.39, 0.29) is 6.10 Å². The third-order valence-corrected chi connectivity index (χ3v) is 6.13. The lowest BCUT2D eigenvalue weighted by molar-refractivity contribution is 0.120. The molecular weight excluding hydrogens is 400 g/mol. The highest BCUT2D eigenvalue weighted by Gasteiger charge is 2.21. The summed E-state index contributed by atoms with van der Waals surface area (Å²) in [5.74, 6) is 1.45. The van der Waals surface area contributed by atoms with Crippen LogP contribution in [0.1, 0.15) is 42.7 Å². The average molecular weight is 427 g/mol. The maximum atomic E-state index is 9.69. The lowest BCUT2D eigenvalue weighted by atomic mass is 9.86. The molecule has 1 aromatic heterocycles. The van der Waals surface area contributed by atoms with Crippen molar-refractivity contribution in [3.05, 3.63) is 40.5 Å². The Morgan fingerprint density at radius 1 is 1.30 bits per heavy atom. The van der Waals surface area contributed by atoms with Gasteiger partial charge in [0.1, 0.15) is 5.02 Å². The Morgan fingerprint density at radius 3 is 2.87 bits per heavy atom. The molecule has 7 nitrogen and oxygen atoms in total. The van der Waals surface area contributed by atoms with Crippen LogP contribution in [0.4, 0.5) is 17.5 Å². The number of likely N-dealkylation sites (tertiary alicyclic amines) is 1. The Hall–Kier alpha value is -2.40. The van der Waals surface area contributed by atoms with E-state index in [0.29, 0.717) is 34.8 Å². The van der Waals surface area contributed by atoms with E-state index >= 15 is 0 Å². The first kappa shape index (κ1) is 20.9. The van der Waals surface area contributed by atoms with Gasteiger partial charge in [0.25, 0.3) is 0 Å². The lowest BCUT2D eigenvalue weighted by Crippen LogP contribution is -2.29. The van der Waals surface area contributed by atoms with Crippen LogP contribution >= 0.6 is 11.6 Å². The minimum Gasteiger partial charge on any atom is -0.376 e. The second kappa shape index (κ2) is 9.61. The van der Waals surface area contributed by atoms with E-state index < -0.39 is 0 Å². The average Bonchev–Trinajstić information content (AvgIpc) is 3.28. The van der Waals surface area contributed by atoms with Gasteiger partial charge in [-0.05, 0) is 69.4 Å². The molecule has 0 unspecified atom stereocenters. The molecule has 4 rings (SSSR count). The molecule has 1 aromatic carbocycles. The summed E-state index contributed by atoms with van der Waals surface area (Å²) in [6.45, 7) is 3.61. The summed E-state index contributed by atoms with van der Waals surface area (Å²) in [6, 6.07) is 8.29. The number of halogens is 1. The molecule has 0 bridgehead atoms. The molecule has 0 amide bonds. The Balaban J connectivity index is 1.45. The van der Waals surface area contributed by atoms with Gasteiger partial charge in [0.15, 0.2) is 5.82 Å². The van der Waals surface area contributed by atoms with Gasteiger partial charge in [-0.15, -0.1) is 0 Å². The number of ether oxygens (including phenoxy) is 1. The van der Waals surface area contributed by atoms with Crippen LogP contribution < -0.4 is 10.6 Å². The van der Waals surface area contributed by atoms with Crippen LogP contribution in [0, 0.1) is 11.3 Å². The van der Waals surface area contributed by atoms with Crippen molar-refractivity contribution in [2.24, 2.45) is 0 Å². The van der Waals surface area contributed by atoms with Gasteiger partial charge in [0.2, 0.25) is 5.95 Å². The van der Waals surface area contributed by atoms with Crippen molar-refractivity contribution in [3.8, 4) is 6.07 Å². The number of benzene rings is 1. The highest BCUT2D eigenvalue weighted by Crippen LogP contribution is 2.32. The third-order valence-electron chi connectivity index (χ3n) is 5.85. The second-order valence-corrected chi connectivity index (χ2v) is 8.43. The molecule has 2 saturated heterocycles. The molecule has 30 heavy (non-hydrogen) atoms. The van der Waals surface area contributed by atoms with Gasteiger partial charge in [-0.2, -0.15) is 10.2 Å². The van der Waals surface area contributed by atoms with Crippen LogP contribution in [0.25, 0.3) is 0 Å². The number of nitriles is 1. The molecule has 0 radical (unpaired) electrons. The van der Waals surface area contributed by atoms with Crippen LogP contribution in [0.3, 0.4) is 0 Å². The molecule has 3 heterocycles. The quantitative estimate of drug-likeness (QED) is 0.717. The maximum Gasteiger partial charge on any atom is 0.229 e. The second-order valence-electron chi connectivity index (χ2n) is 8.02. The monoisotopic (exact) mass is 426 g/mol. The first-order chi connectivity index (χ1) is 14.6. The van der Waals surface area contributed by atoms with Crippen molar-refractivity contribution in [3.63, 3.8) is 0 Å². The topological polar surface area (TPSA) is 86.1 Å². The number of hydrogen-bond acceptors (Lipinski definition) is 7. The van der Waals surface area contributed by atoms with Gasteiger partial charge >= 0.3 is 0 Å². The van der Waals surface area contributed by atoms with Gasteiger partial charge in [0, 0.05) is 18.8 Å².